The zero-order chi connectivity index (χ0) is 22.0. The quantitative estimate of drug-likeness (QED) is 0.469. The molecule has 1 atom stereocenters. The zero-order valence-electron chi connectivity index (χ0n) is 16.3. The lowest BCUT2D eigenvalue weighted by atomic mass is 10.1. The van der Waals surface area contributed by atoms with E-state index in [4.69, 9.17) is 0 Å². The van der Waals surface area contributed by atoms with E-state index in [-0.39, 0.29) is 5.69 Å². The summed E-state index contributed by atoms with van der Waals surface area (Å²) >= 11 is 1.11. The first-order chi connectivity index (χ1) is 14.8. The van der Waals surface area contributed by atoms with Crippen LogP contribution in [-0.2, 0) is 13.2 Å². The summed E-state index contributed by atoms with van der Waals surface area (Å²) in [6, 6.07) is 13.8. The maximum absolute atomic E-state index is 13.0. The predicted molar refractivity (Wildman–Crippen MR) is 112 cm³/mol. The van der Waals surface area contributed by atoms with Crippen LogP contribution in [0.25, 0.3) is 10.6 Å². The van der Waals surface area contributed by atoms with Crippen LogP contribution in [0, 0.1) is 0 Å². The molecule has 0 aliphatic rings. The third-order valence-corrected chi connectivity index (χ3v) is 5.59. The molecular formula is C22H17F3N4OS. The van der Waals surface area contributed by atoms with Crippen LogP contribution in [0.1, 0.15) is 33.5 Å². The summed E-state index contributed by atoms with van der Waals surface area (Å²) in [4.78, 5) is 21.5. The number of aryl methyl sites for hydroxylation is 1. The molecule has 9 heteroatoms. The molecule has 4 rings (SSSR count). The van der Waals surface area contributed by atoms with Gasteiger partial charge in [0.2, 0.25) is 0 Å². The second-order valence-corrected chi connectivity index (χ2v) is 7.69. The molecule has 0 spiro atoms. The van der Waals surface area contributed by atoms with Crippen molar-refractivity contribution in [2.45, 2.75) is 12.2 Å². The highest BCUT2D eigenvalue weighted by Gasteiger charge is 2.30. The van der Waals surface area contributed by atoms with Crippen LogP contribution in [0.15, 0.2) is 72.4 Å². The Balaban J connectivity index is 1.60. The molecule has 5 nitrogen and oxygen atoms in total. The number of hydrogen-bond donors (Lipinski definition) is 1. The van der Waals surface area contributed by atoms with Crippen molar-refractivity contribution in [1.82, 2.24) is 19.9 Å². The number of imidazole rings is 1. The average Bonchev–Trinajstić information content (AvgIpc) is 3.41. The number of rotatable bonds is 5. The minimum atomic E-state index is -4.45. The van der Waals surface area contributed by atoms with Crippen LogP contribution in [-0.4, -0.2) is 20.4 Å². The summed E-state index contributed by atoms with van der Waals surface area (Å²) in [7, 11) is 1.83. The molecule has 31 heavy (non-hydrogen) atoms. The Kier molecular flexibility index (Phi) is 5.60. The van der Waals surface area contributed by atoms with E-state index in [2.05, 4.69) is 15.3 Å². The monoisotopic (exact) mass is 442 g/mol. The van der Waals surface area contributed by atoms with Crippen molar-refractivity contribution in [1.29, 1.82) is 0 Å². The van der Waals surface area contributed by atoms with Crippen molar-refractivity contribution >= 4 is 17.2 Å². The summed E-state index contributed by atoms with van der Waals surface area (Å²) in [5.74, 6) is 0.208. The molecular weight excluding hydrogens is 425 g/mol. The van der Waals surface area contributed by atoms with Crippen LogP contribution in [0.4, 0.5) is 13.2 Å². The summed E-state index contributed by atoms with van der Waals surface area (Å²) in [5, 5.41) is 4.81. The predicted octanol–water partition coefficient (Wildman–Crippen LogP) is 5.08. The highest BCUT2D eigenvalue weighted by atomic mass is 32.1. The Hall–Kier alpha value is -3.46. The molecule has 2 heterocycles. The topological polar surface area (TPSA) is 59.8 Å². The van der Waals surface area contributed by atoms with Gasteiger partial charge in [-0.05, 0) is 17.7 Å². The van der Waals surface area contributed by atoms with Gasteiger partial charge in [-0.3, -0.25) is 4.79 Å². The maximum Gasteiger partial charge on any atom is 0.416 e. The Morgan fingerprint density at radius 1 is 1.13 bits per heavy atom. The Bertz CT molecular complexity index is 1200. The number of nitrogens with zero attached hydrogens (tertiary/aromatic N) is 3. The standard InChI is InChI=1S/C22H17F3N4OS/c1-29-11-10-26-19(29)18(14-6-3-2-4-7-14)28-20(30)17-13-31-21(27-17)15-8-5-9-16(12-15)22(23,24)25/h2-13,18H,1H3,(H,28,30). The van der Waals surface area contributed by atoms with Gasteiger partial charge in [-0.2, -0.15) is 13.2 Å². The van der Waals surface area contributed by atoms with Gasteiger partial charge in [0.25, 0.3) is 5.91 Å². The fraction of sp³-hybridized carbons (Fsp3) is 0.136. The Labute approximate surface area is 180 Å². The van der Waals surface area contributed by atoms with E-state index >= 15 is 0 Å². The molecule has 4 aromatic rings. The minimum absolute atomic E-state index is 0.132. The number of nitrogens with one attached hydrogen (secondary N) is 1. The number of carbonyl (C=O) groups excluding carboxylic acids is 1. The first-order valence-electron chi connectivity index (χ1n) is 9.29. The van der Waals surface area contributed by atoms with Crippen molar-refractivity contribution in [3.63, 3.8) is 0 Å². The summed E-state index contributed by atoms with van der Waals surface area (Å²) in [6.45, 7) is 0. The van der Waals surface area contributed by atoms with E-state index in [0.717, 1.165) is 29.0 Å². The first-order valence-corrected chi connectivity index (χ1v) is 10.2. The summed E-state index contributed by atoms with van der Waals surface area (Å²) < 4.78 is 40.8. The number of hydrogen-bond acceptors (Lipinski definition) is 4. The lowest BCUT2D eigenvalue weighted by Crippen LogP contribution is -2.31. The molecule has 0 aliphatic heterocycles. The lowest BCUT2D eigenvalue weighted by molar-refractivity contribution is -0.137. The molecule has 0 bridgehead atoms. The molecule has 1 N–H and O–H groups in total. The van der Waals surface area contributed by atoms with E-state index in [1.807, 2.05) is 41.9 Å². The van der Waals surface area contributed by atoms with Crippen molar-refractivity contribution in [3.05, 3.63) is 95.0 Å². The molecule has 1 amide bonds. The van der Waals surface area contributed by atoms with Crippen molar-refractivity contribution < 1.29 is 18.0 Å². The molecule has 0 aliphatic carbocycles. The average molecular weight is 442 g/mol. The van der Waals surface area contributed by atoms with Gasteiger partial charge >= 0.3 is 6.18 Å². The highest BCUT2D eigenvalue weighted by Crippen LogP contribution is 2.33. The Morgan fingerprint density at radius 2 is 1.90 bits per heavy atom. The van der Waals surface area contributed by atoms with Crippen LogP contribution in [0.3, 0.4) is 0 Å². The maximum atomic E-state index is 13.0. The number of aromatic nitrogens is 3. The van der Waals surface area contributed by atoms with Crippen molar-refractivity contribution in [3.8, 4) is 10.6 Å². The molecule has 158 valence electrons. The third-order valence-electron chi connectivity index (χ3n) is 4.70. The minimum Gasteiger partial charge on any atom is -0.337 e. The molecule has 1 unspecified atom stereocenters. The van der Waals surface area contributed by atoms with E-state index < -0.39 is 23.7 Å². The number of halogens is 3. The Morgan fingerprint density at radius 3 is 2.58 bits per heavy atom. The lowest BCUT2D eigenvalue weighted by Gasteiger charge is -2.18. The van der Waals surface area contributed by atoms with Gasteiger partial charge in [-0.1, -0.05) is 42.5 Å². The molecule has 2 aromatic heterocycles. The number of amides is 1. The second kappa shape index (κ2) is 8.35. The van der Waals surface area contributed by atoms with Gasteiger partial charge in [0.1, 0.15) is 22.6 Å². The smallest absolute Gasteiger partial charge is 0.337 e. The SMILES string of the molecule is Cn1ccnc1C(NC(=O)c1csc(-c2cccc(C(F)(F)F)c2)n1)c1ccccc1. The normalized spacial score (nSPS) is 12.5. The van der Waals surface area contributed by atoms with E-state index in [0.29, 0.717) is 16.4 Å². The fourth-order valence-electron chi connectivity index (χ4n) is 3.14. The van der Waals surface area contributed by atoms with E-state index in [9.17, 15) is 18.0 Å². The number of alkyl halides is 3. The van der Waals surface area contributed by atoms with Gasteiger partial charge in [0, 0.05) is 30.4 Å². The molecule has 2 aromatic carbocycles. The molecule has 0 saturated heterocycles. The van der Waals surface area contributed by atoms with Gasteiger partial charge in [-0.15, -0.1) is 11.3 Å². The third kappa shape index (κ3) is 4.51. The van der Waals surface area contributed by atoms with Crippen LogP contribution < -0.4 is 5.32 Å². The zero-order valence-corrected chi connectivity index (χ0v) is 17.1. The number of thiazole rings is 1. The summed E-state index contributed by atoms with van der Waals surface area (Å²) in [5.41, 5.74) is 0.527. The molecule has 0 fully saturated rings. The van der Waals surface area contributed by atoms with Gasteiger partial charge < -0.3 is 9.88 Å². The fourth-order valence-corrected chi connectivity index (χ4v) is 3.94. The van der Waals surface area contributed by atoms with Gasteiger partial charge in [-0.25, -0.2) is 9.97 Å². The van der Waals surface area contributed by atoms with E-state index in [1.165, 1.54) is 17.5 Å². The van der Waals surface area contributed by atoms with Crippen LogP contribution in [0.5, 0.6) is 0 Å². The van der Waals surface area contributed by atoms with Crippen molar-refractivity contribution in [2.24, 2.45) is 7.05 Å². The molecule has 0 saturated carbocycles. The summed E-state index contributed by atoms with van der Waals surface area (Å²) in [6.07, 6.45) is -1.02. The number of benzene rings is 2. The second-order valence-electron chi connectivity index (χ2n) is 6.83. The van der Waals surface area contributed by atoms with Crippen LogP contribution in [0.2, 0.25) is 0 Å². The largest absolute Gasteiger partial charge is 0.416 e. The van der Waals surface area contributed by atoms with E-state index in [1.54, 1.807) is 12.4 Å². The van der Waals surface area contributed by atoms with Gasteiger partial charge in [0.15, 0.2) is 0 Å². The van der Waals surface area contributed by atoms with Crippen LogP contribution >= 0.6 is 11.3 Å². The van der Waals surface area contributed by atoms with Gasteiger partial charge in [0.05, 0.1) is 5.56 Å². The highest BCUT2D eigenvalue weighted by molar-refractivity contribution is 7.13. The molecule has 0 radical (unpaired) electrons. The first kappa shape index (κ1) is 20.8. The van der Waals surface area contributed by atoms with Crippen molar-refractivity contribution in [2.75, 3.05) is 0 Å². The number of carbonyl (C=O) groups is 1.